The number of rotatable bonds is 5. The fourth-order valence-electron chi connectivity index (χ4n) is 1.64. The average Bonchev–Trinajstić information content (AvgIpc) is 2.54. The topological polar surface area (TPSA) is 50.1 Å². The zero-order chi connectivity index (χ0) is 12.3. The van der Waals surface area contributed by atoms with E-state index in [1.54, 1.807) is 0 Å². The van der Waals surface area contributed by atoms with Crippen LogP contribution in [0.5, 0.6) is 0 Å². The van der Waals surface area contributed by atoms with Crippen molar-refractivity contribution in [3.05, 3.63) is 17.0 Å². The van der Waals surface area contributed by atoms with Crippen LogP contribution in [-0.4, -0.2) is 34.1 Å². The molecule has 0 spiro atoms. The molecule has 4 nitrogen and oxygen atoms in total. The van der Waals surface area contributed by atoms with E-state index >= 15 is 0 Å². The van der Waals surface area contributed by atoms with Crippen molar-refractivity contribution in [2.24, 2.45) is 0 Å². The molecule has 16 heavy (non-hydrogen) atoms. The molecule has 0 radical (unpaired) electrons. The second-order valence-corrected chi connectivity index (χ2v) is 4.74. The Balaban J connectivity index is 2.71. The number of aryl methyl sites for hydroxylation is 2. The minimum Gasteiger partial charge on any atom is -0.394 e. The van der Waals surface area contributed by atoms with E-state index < -0.39 is 0 Å². The second-order valence-electron chi connectivity index (χ2n) is 4.74. The van der Waals surface area contributed by atoms with E-state index in [9.17, 15) is 5.11 Å². The van der Waals surface area contributed by atoms with Crippen molar-refractivity contribution < 1.29 is 5.11 Å². The monoisotopic (exact) mass is 225 g/mol. The first-order valence-electron chi connectivity index (χ1n) is 5.74. The molecule has 1 heterocycles. The Bertz CT molecular complexity index is 353. The van der Waals surface area contributed by atoms with Gasteiger partial charge in [0.1, 0.15) is 0 Å². The molecule has 0 saturated carbocycles. The van der Waals surface area contributed by atoms with E-state index in [0.29, 0.717) is 0 Å². The highest BCUT2D eigenvalue weighted by Gasteiger charge is 2.21. The quantitative estimate of drug-likeness (QED) is 0.791. The Kier molecular flexibility index (Phi) is 4.10. The lowest BCUT2D eigenvalue weighted by Gasteiger charge is -2.26. The van der Waals surface area contributed by atoms with E-state index in [1.807, 2.05) is 25.6 Å². The number of aliphatic hydroxyl groups is 1. The molecule has 0 aliphatic rings. The van der Waals surface area contributed by atoms with Crippen molar-refractivity contribution in [2.45, 2.75) is 46.2 Å². The van der Waals surface area contributed by atoms with Crippen LogP contribution in [0, 0.1) is 20.8 Å². The molecule has 0 fully saturated rings. The van der Waals surface area contributed by atoms with Gasteiger partial charge in [0.05, 0.1) is 12.3 Å². The van der Waals surface area contributed by atoms with Gasteiger partial charge in [0.2, 0.25) is 0 Å². The van der Waals surface area contributed by atoms with Crippen molar-refractivity contribution in [2.75, 3.05) is 13.7 Å². The molecule has 1 aromatic rings. The molecule has 1 aromatic heterocycles. The maximum absolute atomic E-state index is 9.30. The first-order chi connectivity index (χ1) is 7.43. The average molecular weight is 225 g/mol. The number of hydrogen-bond donors (Lipinski definition) is 2. The molecular weight excluding hydrogens is 202 g/mol. The minimum atomic E-state index is -0.222. The Morgan fingerprint density at radius 1 is 1.38 bits per heavy atom. The van der Waals surface area contributed by atoms with Crippen molar-refractivity contribution in [3.8, 4) is 0 Å². The van der Waals surface area contributed by atoms with Crippen LogP contribution >= 0.6 is 0 Å². The normalized spacial score (nSPS) is 15.1. The predicted octanol–water partition coefficient (Wildman–Crippen LogP) is 1.17. The van der Waals surface area contributed by atoms with Crippen LogP contribution in [-0.2, 0) is 6.54 Å². The van der Waals surface area contributed by atoms with Gasteiger partial charge < -0.3 is 10.4 Å². The lowest BCUT2D eigenvalue weighted by atomic mass is 9.99. The Labute approximate surface area is 97.7 Å². The summed E-state index contributed by atoms with van der Waals surface area (Å²) in [4.78, 5) is 0. The van der Waals surface area contributed by atoms with Crippen LogP contribution in [0.3, 0.4) is 0 Å². The molecule has 4 heteroatoms. The Hall–Kier alpha value is -0.870. The predicted molar refractivity (Wildman–Crippen MR) is 65.6 cm³/mol. The molecule has 0 bridgehead atoms. The lowest BCUT2D eigenvalue weighted by Crippen LogP contribution is -2.44. The van der Waals surface area contributed by atoms with Crippen molar-refractivity contribution in [1.82, 2.24) is 15.1 Å². The summed E-state index contributed by atoms with van der Waals surface area (Å²) < 4.78 is 2.02. The van der Waals surface area contributed by atoms with Gasteiger partial charge in [-0.1, -0.05) is 0 Å². The molecule has 0 amide bonds. The van der Waals surface area contributed by atoms with Gasteiger partial charge in [0.15, 0.2) is 0 Å². The van der Waals surface area contributed by atoms with Crippen LogP contribution < -0.4 is 5.32 Å². The molecule has 0 aliphatic heterocycles. The van der Waals surface area contributed by atoms with Crippen molar-refractivity contribution in [3.63, 3.8) is 0 Å². The van der Waals surface area contributed by atoms with Crippen molar-refractivity contribution in [1.29, 1.82) is 0 Å². The second kappa shape index (κ2) is 4.97. The fraction of sp³-hybridized carbons (Fsp3) is 0.750. The highest BCUT2D eigenvalue weighted by molar-refractivity contribution is 5.22. The standard InChI is InChI=1S/C12H23N3O/c1-9-10(2)14-15(11(9)3)7-6-12(4,8-16)13-5/h13,16H,6-8H2,1-5H3. The number of nitrogens with zero attached hydrogens (tertiary/aromatic N) is 2. The maximum atomic E-state index is 9.30. The highest BCUT2D eigenvalue weighted by atomic mass is 16.3. The van der Waals surface area contributed by atoms with E-state index in [1.165, 1.54) is 11.3 Å². The van der Waals surface area contributed by atoms with Gasteiger partial charge >= 0.3 is 0 Å². The van der Waals surface area contributed by atoms with Crippen LogP contribution in [0.15, 0.2) is 0 Å². The summed E-state index contributed by atoms with van der Waals surface area (Å²) in [5, 5.41) is 16.9. The van der Waals surface area contributed by atoms with Gasteiger partial charge in [-0.3, -0.25) is 4.68 Å². The molecule has 1 rings (SSSR count). The van der Waals surface area contributed by atoms with E-state index in [-0.39, 0.29) is 12.1 Å². The Morgan fingerprint density at radius 3 is 2.38 bits per heavy atom. The van der Waals surface area contributed by atoms with Gasteiger partial charge in [-0.15, -0.1) is 0 Å². The van der Waals surface area contributed by atoms with Gasteiger partial charge in [0.25, 0.3) is 0 Å². The highest BCUT2D eigenvalue weighted by Crippen LogP contribution is 2.14. The zero-order valence-electron chi connectivity index (χ0n) is 11.0. The molecule has 0 aliphatic carbocycles. The smallest absolute Gasteiger partial charge is 0.0625 e. The molecule has 2 N–H and O–H groups in total. The Morgan fingerprint density at radius 2 is 2.00 bits per heavy atom. The number of aliphatic hydroxyl groups excluding tert-OH is 1. The number of aromatic nitrogens is 2. The summed E-state index contributed by atoms with van der Waals surface area (Å²) in [5.74, 6) is 0. The molecule has 0 aromatic carbocycles. The van der Waals surface area contributed by atoms with Crippen molar-refractivity contribution >= 4 is 0 Å². The maximum Gasteiger partial charge on any atom is 0.0625 e. The van der Waals surface area contributed by atoms with E-state index in [2.05, 4.69) is 24.3 Å². The molecule has 0 saturated heterocycles. The van der Waals surface area contributed by atoms with Gasteiger partial charge in [0, 0.05) is 17.8 Å². The summed E-state index contributed by atoms with van der Waals surface area (Å²) in [6, 6.07) is 0. The fourth-order valence-corrected chi connectivity index (χ4v) is 1.64. The first-order valence-corrected chi connectivity index (χ1v) is 5.74. The SMILES string of the molecule is CNC(C)(CO)CCn1nc(C)c(C)c1C. The van der Waals surface area contributed by atoms with Gasteiger partial charge in [-0.2, -0.15) is 5.10 Å². The number of hydrogen-bond acceptors (Lipinski definition) is 3. The first kappa shape index (κ1) is 13.2. The third kappa shape index (κ3) is 2.62. The molecular formula is C12H23N3O. The number of likely N-dealkylation sites (N-methyl/N-ethyl adjacent to an activating group) is 1. The summed E-state index contributed by atoms with van der Waals surface area (Å²) in [5.41, 5.74) is 3.34. The largest absolute Gasteiger partial charge is 0.394 e. The molecule has 1 atom stereocenters. The van der Waals surface area contributed by atoms with Gasteiger partial charge in [-0.25, -0.2) is 0 Å². The van der Waals surface area contributed by atoms with Gasteiger partial charge in [-0.05, 0) is 46.7 Å². The zero-order valence-corrected chi connectivity index (χ0v) is 11.0. The summed E-state index contributed by atoms with van der Waals surface area (Å²) in [6.45, 7) is 9.20. The van der Waals surface area contributed by atoms with Crippen LogP contribution in [0.4, 0.5) is 0 Å². The van der Waals surface area contributed by atoms with Crippen LogP contribution in [0.1, 0.15) is 30.3 Å². The third-order valence-electron chi connectivity index (χ3n) is 3.57. The summed E-state index contributed by atoms with van der Waals surface area (Å²) in [7, 11) is 1.88. The van der Waals surface area contributed by atoms with E-state index in [4.69, 9.17) is 0 Å². The van der Waals surface area contributed by atoms with E-state index in [0.717, 1.165) is 18.7 Å². The lowest BCUT2D eigenvalue weighted by molar-refractivity contribution is 0.167. The van der Waals surface area contributed by atoms with Crippen LogP contribution in [0.25, 0.3) is 0 Å². The summed E-state index contributed by atoms with van der Waals surface area (Å²) >= 11 is 0. The molecule has 92 valence electrons. The molecule has 1 unspecified atom stereocenters. The third-order valence-corrected chi connectivity index (χ3v) is 3.57. The van der Waals surface area contributed by atoms with Crippen LogP contribution in [0.2, 0.25) is 0 Å². The number of nitrogens with one attached hydrogen (secondary N) is 1. The summed E-state index contributed by atoms with van der Waals surface area (Å²) in [6.07, 6.45) is 0.862. The minimum absolute atomic E-state index is 0.141.